The zero-order valence-corrected chi connectivity index (χ0v) is 11.9. The second-order valence-electron chi connectivity index (χ2n) is 4.88. The van der Waals surface area contributed by atoms with Crippen molar-refractivity contribution in [1.29, 1.82) is 0 Å². The summed E-state index contributed by atoms with van der Waals surface area (Å²) >= 11 is 0. The zero-order valence-electron chi connectivity index (χ0n) is 11.9. The van der Waals surface area contributed by atoms with Crippen molar-refractivity contribution >= 4 is 23.0 Å². The van der Waals surface area contributed by atoms with Crippen LogP contribution in [0.5, 0.6) is 0 Å². The van der Waals surface area contributed by atoms with Crippen LogP contribution in [0.15, 0.2) is 71.8 Å². The van der Waals surface area contributed by atoms with Gasteiger partial charge in [-0.1, -0.05) is 66.7 Å². The number of hydrogen-bond donors (Lipinski definition) is 2. The minimum Gasteiger partial charge on any atom is -0.350 e. The van der Waals surface area contributed by atoms with Crippen molar-refractivity contribution in [2.75, 3.05) is 0 Å². The number of rotatable bonds is 3. The number of hydrazone groups is 1. The van der Waals surface area contributed by atoms with Crippen molar-refractivity contribution in [2.24, 2.45) is 10.8 Å². The third-order valence-corrected chi connectivity index (χ3v) is 3.40. The number of nitrogens with one attached hydrogen (secondary N) is 1. The zero-order chi connectivity index (χ0) is 15.4. The van der Waals surface area contributed by atoms with E-state index in [2.05, 4.69) is 40.9 Å². The van der Waals surface area contributed by atoms with Crippen molar-refractivity contribution in [3.05, 3.63) is 72.3 Å². The molecule has 3 aromatic rings. The number of carbonyl (C=O) groups excluding carboxylic acids is 1. The van der Waals surface area contributed by atoms with Gasteiger partial charge in [-0.3, -0.25) is 0 Å². The number of hydrogen-bond acceptors (Lipinski definition) is 2. The molecular formula is C18H15N3O. The van der Waals surface area contributed by atoms with Crippen molar-refractivity contribution < 1.29 is 4.79 Å². The van der Waals surface area contributed by atoms with Crippen LogP contribution in [0, 0.1) is 0 Å². The molecule has 4 heteroatoms. The Balaban J connectivity index is 1.92. The number of carbonyl (C=O) groups is 1. The van der Waals surface area contributed by atoms with Gasteiger partial charge in [-0.05, 0) is 27.5 Å². The molecule has 0 aromatic heterocycles. The maximum Gasteiger partial charge on any atom is 0.332 e. The fourth-order valence-corrected chi connectivity index (χ4v) is 2.40. The Kier molecular flexibility index (Phi) is 3.83. The number of urea groups is 1. The predicted molar refractivity (Wildman–Crippen MR) is 89.7 cm³/mol. The molecule has 0 aliphatic carbocycles. The fraction of sp³-hybridized carbons (Fsp3) is 0. The first-order valence-corrected chi connectivity index (χ1v) is 6.91. The van der Waals surface area contributed by atoms with E-state index in [9.17, 15) is 4.79 Å². The highest BCUT2D eigenvalue weighted by molar-refractivity contribution is 5.97. The van der Waals surface area contributed by atoms with E-state index in [1.807, 2.05) is 36.4 Å². The third-order valence-electron chi connectivity index (χ3n) is 3.40. The van der Waals surface area contributed by atoms with E-state index in [0.717, 1.165) is 11.1 Å². The summed E-state index contributed by atoms with van der Waals surface area (Å²) in [5.41, 5.74) is 10.3. The van der Waals surface area contributed by atoms with E-state index in [0.29, 0.717) is 0 Å². The van der Waals surface area contributed by atoms with Gasteiger partial charge >= 0.3 is 6.03 Å². The highest BCUT2D eigenvalue weighted by atomic mass is 16.2. The Morgan fingerprint density at radius 2 is 1.68 bits per heavy atom. The van der Waals surface area contributed by atoms with Crippen LogP contribution in [0.2, 0.25) is 0 Å². The Labute approximate surface area is 128 Å². The maximum atomic E-state index is 10.6. The van der Waals surface area contributed by atoms with E-state index in [1.165, 1.54) is 16.3 Å². The van der Waals surface area contributed by atoms with Crippen LogP contribution in [0.4, 0.5) is 4.79 Å². The first kappa shape index (κ1) is 13.8. The Hall–Kier alpha value is -3.14. The van der Waals surface area contributed by atoms with Gasteiger partial charge in [-0.2, -0.15) is 5.10 Å². The molecule has 0 fully saturated rings. The minimum absolute atomic E-state index is 0.677. The normalized spacial score (nSPS) is 10.9. The van der Waals surface area contributed by atoms with Crippen LogP contribution in [0.25, 0.3) is 21.9 Å². The molecule has 0 atom stereocenters. The molecule has 22 heavy (non-hydrogen) atoms. The van der Waals surface area contributed by atoms with Gasteiger partial charge in [0.1, 0.15) is 0 Å². The first-order valence-electron chi connectivity index (χ1n) is 6.91. The molecule has 0 heterocycles. The van der Waals surface area contributed by atoms with E-state index < -0.39 is 6.03 Å². The van der Waals surface area contributed by atoms with Gasteiger partial charge in [-0.15, -0.1) is 0 Å². The summed E-state index contributed by atoms with van der Waals surface area (Å²) in [4.78, 5) is 10.6. The van der Waals surface area contributed by atoms with Gasteiger partial charge in [0.25, 0.3) is 0 Å². The summed E-state index contributed by atoms with van der Waals surface area (Å²) in [5, 5.41) is 6.19. The second kappa shape index (κ2) is 6.10. The van der Waals surface area contributed by atoms with Gasteiger partial charge in [0, 0.05) is 0 Å². The van der Waals surface area contributed by atoms with Crippen LogP contribution in [0.3, 0.4) is 0 Å². The highest BCUT2D eigenvalue weighted by Crippen LogP contribution is 2.28. The molecule has 0 radical (unpaired) electrons. The summed E-state index contributed by atoms with van der Waals surface area (Å²) in [6, 6.07) is 21.9. The molecule has 0 saturated heterocycles. The van der Waals surface area contributed by atoms with Gasteiger partial charge in [0.05, 0.1) is 6.21 Å². The van der Waals surface area contributed by atoms with E-state index >= 15 is 0 Å². The Morgan fingerprint density at radius 1 is 0.955 bits per heavy atom. The van der Waals surface area contributed by atoms with Gasteiger partial charge in [0.2, 0.25) is 0 Å². The average molecular weight is 289 g/mol. The fourth-order valence-electron chi connectivity index (χ4n) is 2.40. The number of nitrogens with two attached hydrogens (primary N) is 1. The Morgan fingerprint density at radius 3 is 2.45 bits per heavy atom. The first-order chi connectivity index (χ1) is 10.7. The topological polar surface area (TPSA) is 67.5 Å². The van der Waals surface area contributed by atoms with Gasteiger partial charge in [-0.25, -0.2) is 10.2 Å². The quantitative estimate of drug-likeness (QED) is 0.562. The highest BCUT2D eigenvalue weighted by Gasteiger charge is 2.02. The second-order valence-corrected chi connectivity index (χ2v) is 4.88. The monoisotopic (exact) mass is 289 g/mol. The number of fused-ring (bicyclic) bond motifs is 1. The maximum absolute atomic E-state index is 10.6. The van der Waals surface area contributed by atoms with Crippen LogP contribution in [0.1, 0.15) is 5.56 Å². The van der Waals surface area contributed by atoms with Crippen LogP contribution in [-0.4, -0.2) is 12.2 Å². The molecule has 0 aliphatic heterocycles. The van der Waals surface area contributed by atoms with Crippen LogP contribution >= 0.6 is 0 Å². The molecule has 0 saturated carbocycles. The lowest BCUT2D eigenvalue weighted by Crippen LogP contribution is -2.24. The molecule has 0 unspecified atom stereocenters. The summed E-state index contributed by atoms with van der Waals surface area (Å²) in [6.07, 6.45) is 1.55. The van der Waals surface area contributed by atoms with Gasteiger partial charge in [0.15, 0.2) is 0 Å². The van der Waals surface area contributed by atoms with Crippen molar-refractivity contribution in [3.63, 3.8) is 0 Å². The van der Waals surface area contributed by atoms with Crippen molar-refractivity contribution in [2.45, 2.75) is 0 Å². The molecule has 4 nitrogen and oxygen atoms in total. The lowest BCUT2D eigenvalue weighted by atomic mass is 9.98. The molecule has 2 amide bonds. The molecular weight excluding hydrogens is 274 g/mol. The number of benzene rings is 3. The molecule has 0 bridgehead atoms. The molecule has 108 valence electrons. The largest absolute Gasteiger partial charge is 0.350 e. The van der Waals surface area contributed by atoms with Crippen molar-refractivity contribution in [1.82, 2.24) is 5.43 Å². The minimum atomic E-state index is -0.677. The molecule has 0 aliphatic rings. The smallest absolute Gasteiger partial charge is 0.332 e. The summed E-state index contributed by atoms with van der Waals surface area (Å²) < 4.78 is 0. The lowest BCUT2D eigenvalue weighted by Gasteiger charge is -2.07. The summed E-state index contributed by atoms with van der Waals surface area (Å²) in [6.45, 7) is 0. The molecule has 3 aromatic carbocycles. The van der Waals surface area contributed by atoms with Gasteiger partial charge < -0.3 is 5.73 Å². The van der Waals surface area contributed by atoms with Crippen LogP contribution < -0.4 is 11.2 Å². The average Bonchev–Trinajstić information content (AvgIpc) is 2.55. The predicted octanol–water partition coefficient (Wildman–Crippen LogP) is 3.51. The van der Waals surface area contributed by atoms with E-state index in [1.54, 1.807) is 6.21 Å². The molecule has 3 N–H and O–H groups in total. The van der Waals surface area contributed by atoms with E-state index in [4.69, 9.17) is 5.73 Å². The Bertz CT molecular complexity index is 833. The van der Waals surface area contributed by atoms with E-state index in [-0.39, 0.29) is 0 Å². The molecule has 3 rings (SSSR count). The number of primary amides is 1. The van der Waals surface area contributed by atoms with Crippen molar-refractivity contribution in [3.8, 4) is 11.1 Å². The lowest BCUT2D eigenvalue weighted by molar-refractivity contribution is 0.249. The summed E-state index contributed by atoms with van der Waals surface area (Å²) in [7, 11) is 0. The summed E-state index contributed by atoms with van der Waals surface area (Å²) in [5.74, 6) is 0. The molecule has 0 spiro atoms. The SMILES string of the molecule is NC(=O)NN=Cc1ccc(-c2cccc3ccccc23)cc1. The van der Waals surface area contributed by atoms with Crippen LogP contribution in [-0.2, 0) is 0 Å². The standard InChI is InChI=1S/C18H15N3O/c19-18(22)21-20-12-13-8-10-15(11-9-13)17-7-3-5-14-4-1-2-6-16(14)17/h1-12H,(H3,19,21,22). The number of amides is 2. The number of nitrogens with zero attached hydrogens (tertiary/aromatic N) is 1. The third kappa shape index (κ3) is 2.96.